The van der Waals surface area contributed by atoms with Crippen molar-refractivity contribution in [2.45, 2.75) is 20.1 Å². The van der Waals surface area contributed by atoms with Gasteiger partial charge in [-0.05, 0) is 48.6 Å². The average molecular weight is 366 g/mol. The molecule has 5 heteroatoms. The first kappa shape index (κ1) is 15.5. The van der Waals surface area contributed by atoms with Crippen LogP contribution >= 0.6 is 22.6 Å². The normalized spacial score (nSPS) is 10.7. The van der Waals surface area contributed by atoms with Crippen LogP contribution in [0.2, 0.25) is 0 Å². The van der Waals surface area contributed by atoms with Gasteiger partial charge in [-0.1, -0.05) is 0 Å². The van der Waals surface area contributed by atoms with Crippen molar-refractivity contribution in [2.24, 2.45) is 0 Å². The van der Waals surface area contributed by atoms with Crippen LogP contribution in [0.25, 0.3) is 0 Å². The number of ether oxygens (including phenoxy) is 4. The molecule has 1 aromatic rings. The molecule has 0 bridgehead atoms. The summed E-state index contributed by atoms with van der Waals surface area (Å²) in [6.07, 6.45) is -0.331. The van der Waals surface area contributed by atoms with Gasteiger partial charge in [-0.2, -0.15) is 0 Å². The minimum absolute atomic E-state index is 0.331. The third-order valence-electron chi connectivity index (χ3n) is 2.22. The molecule has 4 nitrogen and oxygen atoms in total. The zero-order valence-corrected chi connectivity index (χ0v) is 13.1. The smallest absolute Gasteiger partial charge is 0.191 e. The van der Waals surface area contributed by atoms with Crippen LogP contribution in [0.3, 0.4) is 0 Å². The number of rotatable bonds is 8. The summed E-state index contributed by atoms with van der Waals surface area (Å²) in [5, 5.41) is 0. The van der Waals surface area contributed by atoms with Crippen LogP contribution in [0.15, 0.2) is 18.2 Å². The minimum atomic E-state index is -0.331. The van der Waals surface area contributed by atoms with E-state index in [4.69, 9.17) is 18.9 Å². The Hall–Kier alpha value is -0.530. The molecule has 0 aliphatic heterocycles. The van der Waals surface area contributed by atoms with E-state index in [1.807, 2.05) is 32.0 Å². The zero-order valence-electron chi connectivity index (χ0n) is 10.9. The molecule has 0 unspecified atom stereocenters. The SMILES string of the molecule is CCOC(COc1cc(OC)ccc1I)OCC. The van der Waals surface area contributed by atoms with E-state index in [0.29, 0.717) is 19.8 Å². The average Bonchev–Trinajstić information content (AvgIpc) is 2.38. The number of methoxy groups -OCH3 is 1. The second kappa shape index (κ2) is 8.55. The molecule has 0 atom stereocenters. The Balaban J connectivity index is 2.60. The Morgan fingerprint density at radius 1 is 1.17 bits per heavy atom. The van der Waals surface area contributed by atoms with Gasteiger partial charge in [-0.25, -0.2) is 0 Å². The molecule has 0 aliphatic rings. The van der Waals surface area contributed by atoms with Gasteiger partial charge in [0, 0.05) is 19.3 Å². The summed E-state index contributed by atoms with van der Waals surface area (Å²) in [7, 11) is 1.63. The zero-order chi connectivity index (χ0) is 13.4. The van der Waals surface area contributed by atoms with Crippen molar-refractivity contribution in [3.05, 3.63) is 21.8 Å². The van der Waals surface area contributed by atoms with Gasteiger partial charge in [-0.3, -0.25) is 0 Å². The maximum Gasteiger partial charge on any atom is 0.191 e. The van der Waals surface area contributed by atoms with Gasteiger partial charge < -0.3 is 18.9 Å². The maximum absolute atomic E-state index is 5.71. The number of hydrogen-bond acceptors (Lipinski definition) is 4. The van der Waals surface area contributed by atoms with E-state index in [2.05, 4.69) is 22.6 Å². The molecule has 1 rings (SSSR count). The summed E-state index contributed by atoms with van der Waals surface area (Å²) in [6.45, 7) is 5.43. The van der Waals surface area contributed by atoms with Gasteiger partial charge in [0.15, 0.2) is 6.29 Å². The highest BCUT2D eigenvalue weighted by Crippen LogP contribution is 2.26. The molecule has 102 valence electrons. The highest BCUT2D eigenvalue weighted by atomic mass is 127. The predicted molar refractivity (Wildman–Crippen MR) is 78.2 cm³/mol. The molecule has 0 N–H and O–H groups in total. The third kappa shape index (κ3) is 4.99. The fraction of sp³-hybridized carbons (Fsp3) is 0.538. The molecule has 1 aromatic carbocycles. The lowest BCUT2D eigenvalue weighted by Gasteiger charge is -2.18. The number of halogens is 1. The predicted octanol–water partition coefficient (Wildman–Crippen LogP) is 3.08. The van der Waals surface area contributed by atoms with Crippen molar-refractivity contribution >= 4 is 22.6 Å². The molecule has 0 heterocycles. The molecule has 0 aromatic heterocycles. The van der Waals surface area contributed by atoms with Crippen LogP contribution in [-0.4, -0.2) is 33.2 Å². The molecule has 0 amide bonds. The topological polar surface area (TPSA) is 36.9 Å². The van der Waals surface area contributed by atoms with Crippen LogP contribution < -0.4 is 9.47 Å². The lowest BCUT2D eigenvalue weighted by molar-refractivity contribution is -0.152. The summed E-state index contributed by atoms with van der Waals surface area (Å²) in [5.74, 6) is 1.55. The Morgan fingerprint density at radius 2 is 1.83 bits per heavy atom. The van der Waals surface area contributed by atoms with Crippen molar-refractivity contribution in [3.8, 4) is 11.5 Å². The Bertz CT molecular complexity index is 351. The summed E-state index contributed by atoms with van der Waals surface area (Å²) in [6, 6.07) is 5.71. The standard InChI is InChI=1S/C13H19IO4/c1-4-16-13(17-5-2)9-18-12-8-10(15-3)6-7-11(12)14/h6-8,13H,4-5,9H2,1-3H3. The van der Waals surface area contributed by atoms with E-state index >= 15 is 0 Å². The lowest BCUT2D eigenvalue weighted by Crippen LogP contribution is -2.25. The van der Waals surface area contributed by atoms with Crippen LogP contribution in [0, 0.1) is 3.57 Å². The molecule has 0 radical (unpaired) electrons. The number of hydrogen-bond donors (Lipinski definition) is 0. The van der Waals surface area contributed by atoms with E-state index < -0.39 is 0 Å². The lowest BCUT2D eigenvalue weighted by atomic mass is 10.3. The van der Waals surface area contributed by atoms with Gasteiger partial charge in [0.05, 0.1) is 10.7 Å². The monoisotopic (exact) mass is 366 g/mol. The molecule has 0 saturated heterocycles. The van der Waals surface area contributed by atoms with Crippen molar-refractivity contribution in [3.63, 3.8) is 0 Å². The molecule has 18 heavy (non-hydrogen) atoms. The van der Waals surface area contributed by atoms with Gasteiger partial charge in [0.1, 0.15) is 18.1 Å². The summed E-state index contributed by atoms with van der Waals surface area (Å²) >= 11 is 2.22. The fourth-order valence-corrected chi connectivity index (χ4v) is 1.89. The Morgan fingerprint density at radius 3 is 2.39 bits per heavy atom. The maximum atomic E-state index is 5.71. The first-order chi connectivity index (χ1) is 8.71. The van der Waals surface area contributed by atoms with Crippen molar-refractivity contribution in [1.29, 1.82) is 0 Å². The van der Waals surface area contributed by atoms with Gasteiger partial charge >= 0.3 is 0 Å². The Kier molecular flexibility index (Phi) is 7.38. The minimum Gasteiger partial charge on any atom is -0.497 e. The van der Waals surface area contributed by atoms with Crippen molar-refractivity contribution < 1.29 is 18.9 Å². The highest BCUT2D eigenvalue weighted by Gasteiger charge is 2.10. The second-order valence-corrected chi connectivity index (χ2v) is 4.61. The molecular weight excluding hydrogens is 347 g/mol. The molecular formula is C13H19IO4. The Labute approximate surface area is 122 Å². The third-order valence-corrected chi connectivity index (χ3v) is 3.11. The largest absolute Gasteiger partial charge is 0.497 e. The van der Waals surface area contributed by atoms with Crippen molar-refractivity contribution in [2.75, 3.05) is 26.9 Å². The second-order valence-electron chi connectivity index (χ2n) is 3.45. The summed E-state index contributed by atoms with van der Waals surface area (Å²) in [5.41, 5.74) is 0. The van der Waals surface area contributed by atoms with E-state index in [0.717, 1.165) is 15.1 Å². The van der Waals surface area contributed by atoms with E-state index in [1.54, 1.807) is 7.11 Å². The van der Waals surface area contributed by atoms with Crippen LogP contribution in [0.1, 0.15) is 13.8 Å². The van der Waals surface area contributed by atoms with Gasteiger partial charge in [0.2, 0.25) is 0 Å². The van der Waals surface area contributed by atoms with Crippen LogP contribution in [-0.2, 0) is 9.47 Å². The van der Waals surface area contributed by atoms with Crippen LogP contribution in [0.4, 0.5) is 0 Å². The van der Waals surface area contributed by atoms with Gasteiger partial charge in [-0.15, -0.1) is 0 Å². The molecule has 0 fully saturated rings. The quantitative estimate of drug-likeness (QED) is 0.524. The fourth-order valence-electron chi connectivity index (χ4n) is 1.40. The molecule has 0 spiro atoms. The summed E-state index contributed by atoms with van der Waals surface area (Å²) in [4.78, 5) is 0. The summed E-state index contributed by atoms with van der Waals surface area (Å²) < 4.78 is 22.7. The first-order valence-corrected chi connectivity index (χ1v) is 6.98. The van der Waals surface area contributed by atoms with E-state index in [-0.39, 0.29) is 6.29 Å². The van der Waals surface area contributed by atoms with Gasteiger partial charge in [0.25, 0.3) is 0 Å². The highest BCUT2D eigenvalue weighted by molar-refractivity contribution is 14.1. The molecule has 0 saturated carbocycles. The van der Waals surface area contributed by atoms with Crippen molar-refractivity contribution in [1.82, 2.24) is 0 Å². The van der Waals surface area contributed by atoms with E-state index in [1.165, 1.54) is 0 Å². The molecule has 0 aliphatic carbocycles. The number of benzene rings is 1. The first-order valence-electron chi connectivity index (χ1n) is 5.90. The van der Waals surface area contributed by atoms with E-state index in [9.17, 15) is 0 Å². The van der Waals surface area contributed by atoms with Crippen LogP contribution in [0.5, 0.6) is 11.5 Å².